The van der Waals surface area contributed by atoms with Crippen molar-refractivity contribution in [3.63, 3.8) is 0 Å². The molecule has 2 rings (SSSR count). The van der Waals surface area contributed by atoms with Crippen LogP contribution in [0.4, 0.5) is 0 Å². The van der Waals surface area contributed by atoms with Crippen molar-refractivity contribution in [3.05, 3.63) is 18.0 Å². The van der Waals surface area contributed by atoms with Crippen LogP contribution in [0.25, 0.3) is 0 Å². The Bertz CT molecular complexity index is 319. The van der Waals surface area contributed by atoms with Gasteiger partial charge in [-0.15, -0.1) is 0 Å². The zero-order valence-corrected chi connectivity index (χ0v) is 9.80. The highest BCUT2D eigenvalue weighted by molar-refractivity contribution is 5.03. The lowest BCUT2D eigenvalue weighted by Crippen LogP contribution is -2.29. The van der Waals surface area contributed by atoms with E-state index in [-0.39, 0.29) is 6.10 Å². The normalized spacial score (nSPS) is 23.2. The number of hydrogen-bond acceptors (Lipinski definition) is 3. The number of ether oxygens (including phenoxy) is 1. The predicted octanol–water partition coefficient (Wildman–Crippen LogP) is 1.14. The van der Waals surface area contributed by atoms with Crippen LogP contribution in [-0.2, 0) is 18.2 Å². The topological polar surface area (TPSA) is 47.3 Å². The van der Waals surface area contributed by atoms with Gasteiger partial charge in [-0.05, 0) is 31.2 Å². The molecule has 16 heavy (non-hydrogen) atoms. The van der Waals surface area contributed by atoms with Crippen LogP contribution >= 0.6 is 0 Å². The van der Waals surface area contributed by atoms with Gasteiger partial charge < -0.3 is 9.84 Å². The largest absolute Gasteiger partial charge is 0.393 e. The number of aliphatic hydroxyl groups is 1. The van der Waals surface area contributed by atoms with Crippen molar-refractivity contribution in [1.29, 1.82) is 0 Å². The Kier molecular flexibility index (Phi) is 3.96. The van der Waals surface area contributed by atoms with Crippen molar-refractivity contribution >= 4 is 0 Å². The summed E-state index contributed by atoms with van der Waals surface area (Å²) in [5.74, 6) is 0.324. The summed E-state index contributed by atoms with van der Waals surface area (Å²) in [6.07, 6.45) is 7.50. The van der Waals surface area contributed by atoms with Gasteiger partial charge in [-0.3, -0.25) is 4.68 Å². The number of nitrogens with zero attached hydrogens (tertiary/aromatic N) is 2. The third kappa shape index (κ3) is 3.06. The second kappa shape index (κ2) is 5.46. The standard InChI is InChI=1S/C12H20N2O2/c1-14-8-10(7-13-14)4-5-12(15)11-3-2-6-16-9-11/h7-8,11-12,15H,2-6,9H2,1H3. The fourth-order valence-electron chi connectivity index (χ4n) is 2.22. The maximum atomic E-state index is 10.0. The first-order chi connectivity index (χ1) is 7.75. The van der Waals surface area contributed by atoms with Gasteiger partial charge in [0.1, 0.15) is 0 Å². The zero-order chi connectivity index (χ0) is 11.4. The molecule has 0 amide bonds. The fourth-order valence-corrected chi connectivity index (χ4v) is 2.22. The third-order valence-corrected chi connectivity index (χ3v) is 3.23. The molecule has 0 spiro atoms. The Morgan fingerprint density at radius 1 is 1.69 bits per heavy atom. The summed E-state index contributed by atoms with van der Waals surface area (Å²) in [5.41, 5.74) is 1.19. The van der Waals surface area contributed by atoms with E-state index in [1.807, 2.05) is 19.4 Å². The Labute approximate surface area is 96.2 Å². The first kappa shape index (κ1) is 11.6. The lowest BCUT2D eigenvalue weighted by atomic mass is 9.92. The smallest absolute Gasteiger partial charge is 0.0593 e. The van der Waals surface area contributed by atoms with E-state index >= 15 is 0 Å². The van der Waals surface area contributed by atoms with Crippen LogP contribution in [0.5, 0.6) is 0 Å². The van der Waals surface area contributed by atoms with Gasteiger partial charge in [0, 0.05) is 25.8 Å². The maximum Gasteiger partial charge on any atom is 0.0593 e. The molecule has 1 N–H and O–H groups in total. The summed E-state index contributed by atoms with van der Waals surface area (Å²) in [4.78, 5) is 0. The van der Waals surface area contributed by atoms with Crippen molar-refractivity contribution in [2.75, 3.05) is 13.2 Å². The van der Waals surface area contributed by atoms with Crippen molar-refractivity contribution in [3.8, 4) is 0 Å². The van der Waals surface area contributed by atoms with Crippen molar-refractivity contribution < 1.29 is 9.84 Å². The molecular weight excluding hydrogens is 204 g/mol. The molecule has 0 bridgehead atoms. The highest BCUT2D eigenvalue weighted by Crippen LogP contribution is 2.20. The van der Waals surface area contributed by atoms with Crippen molar-refractivity contribution in [2.45, 2.75) is 31.8 Å². The van der Waals surface area contributed by atoms with Crippen LogP contribution in [-0.4, -0.2) is 34.2 Å². The average molecular weight is 224 g/mol. The van der Waals surface area contributed by atoms with E-state index in [9.17, 15) is 5.11 Å². The molecule has 2 heterocycles. The highest BCUT2D eigenvalue weighted by atomic mass is 16.5. The second-order valence-corrected chi connectivity index (χ2v) is 4.61. The summed E-state index contributed by atoms with van der Waals surface area (Å²) in [7, 11) is 1.91. The van der Waals surface area contributed by atoms with Gasteiger partial charge in [-0.2, -0.15) is 5.10 Å². The average Bonchev–Trinajstić information content (AvgIpc) is 2.73. The summed E-state index contributed by atoms with van der Waals surface area (Å²) in [5, 5.41) is 14.2. The molecule has 1 saturated heterocycles. The molecule has 1 aromatic heterocycles. The van der Waals surface area contributed by atoms with Crippen LogP contribution < -0.4 is 0 Å². The molecule has 2 atom stereocenters. The van der Waals surface area contributed by atoms with Crippen LogP contribution in [0.1, 0.15) is 24.8 Å². The number of aliphatic hydroxyl groups excluding tert-OH is 1. The summed E-state index contributed by atoms with van der Waals surface area (Å²) < 4.78 is 7.18. The molecular formula is C12H20N2O2. The van der Waals surface area contributed by atoms with E-state index < -0.39 is 0 Å². The maximum absolute atomic E-state index is 10.0. The molecule has 0 aromatic carbocycles. The predicted molar refractivity (Wildman–Crippen MR) is 61.1 cm³/mol. The Hall–Kier alpha value is -0.870. The number of aryl methyl sites for hydroxylation is 2. The van der Waals surface area contributed by atoms with E-state index in [1.54, 1.807) is 4.68 Å². The summed E-state index contributed by atoms with van der Waals surface area (Å²) in [6.45, 7) is 1.57. The summed E-state index contributed by atoms with van der Waals surface area (Å²) >= 11 is 0. The molecule has 90 valence electrons. The van der Waals surface area contributed by atoms with Crippen LogP contribution in [0.15, 0.2) is 12.4 Å². The van der Waals surface area contributed by atoms with Gasteiger partial charge >= 0.3 is 0 Å². The van der Waals surface area contributed by atoms with Gasteiger partial charge in [0.2, 0.25) is 0 Å². The molecule has 4 heteroatoms. The molecule has 2 unspecified atom stereocenters. The minimum absolute atomic E-state index is 0.236. The van der Waals surface area contributed by atoms with E-state index in [1.165, 1.54) is 5.56 Å². The lowest BCUT2D eigenvalue weighted by molar-refractivity contribution is -0.0116. The monoisotopic (exact) mass is 224 g/mol. The molecule has 1 aliphatic heterocycles. The zero-order valence-electron chi connectivity index (χ0n) is 9.80. The minimum atomic E-state index is -0.236. The van der Waals surface area contributed by atoms with E-state index in [4.69, 9.17) is 4.74 Å². The van der Waals surface area contributed by atoms with E-state index in [0.29, 0.717) is 12.5 Å². The Morgan fingerprint density at radius 2 is 2.56 bits per heavy atom. The minimum Gasteiger partial charge on any atom is -0.393 e. The number of aromatic nitrogens is 2. The molecule has 1 aliphatic rings. The van der Waals surface area contributed by atoms with Gasteiger partial charge in [0.15, 0.2) is 0 Å². The first-order valence-electron chi connectivity index (χ1n) is 5.99. The van der Waals surface area contributed by atoms with Crippen molar-refractivity contribution in [1.82, 2.24) is 9.78 Å². The quantitative estimate of drug-likeness (QED) is 0.834. The molecule has 0 radical (unpaired) electrons. The van der Waals surface area contributed by atoms with Gasteiger partial charge in [0.25, 0.3) is 0 Å². The number of rotatable bonds is 4. The molecule has 0 saturated carbocycles. The van der Waals surface area contributed by atoms with Gasteiger partial charge in [-0.25, -0.2) is 0 Å². The first-order valence-corrected chi connectivity index (χ1v) is 5.99. The van der Waals surface area contributed by atoms with Gasteiger partial charge in [0.05, 0.1) is 18.9 Å². The highest BCUT2D eigenvalue weighted by Gasteiger charge is 2.21. The van der Waals surface area contributed by atoms with Gasteiger partial charge in [-0.1, -0.05) is 0 Å². The lowest BCUT2D eigenvalue weighted by Gasteiger charge is -2.26. The van der Waals surface area contributed by atoms with Crippen LogP contribution in [0.2, 0.25) is 0 Å². The molecule has 4 nitrogen and oxygen atoms in total. The van der Waals surface area contributed by atoms with Crippen molar-refractivity contribution in [2.24, 2.45) is 13.0 Å². The second-order valence-electron chi connectivity index (χ2n) is 4.61. The third-order valence-electron chi connectivity index (χ3n) is 3.23. The van der Waals surface area contributed by atoms with Crippen LogP contribution in [0, 0.1) is 5.92 Å². The number of hydrogen-bond donors (Lipinski definition) is 1. The Morgan fingerprint density at radius 3 is 3.19 bits per heavy atom. The van der Waals surface area contributed by atoms with E-state index in [2.05, 4.69) is 5.10 Å². The molecule has 0 aliphatic carbocycles. The van der Waals surface area contributed by atoms with E-state index in [0.717, 1.165) is 32.3 Å². The Balaban J connectivity index is 1.76. The molecule has 1 fully saturated rings. The fraction of sp³-hybridized carbons (Fsp3) is 0.750. The van der Waals surface area contributed by atoms with Crippen LogP contribution in [0.3, 0.4) is 0 Å². The SMILES string of the molecule is Cn1cc(CCC(O)C2CCCOC2)cn1. The molecule has 1 aromatic rings. The summed E-state index contributed by atoms with van der Waals surface area (Å²) in [6, 6.07) is 0.